The molecule has 28 heavy (non-hydrogen) atoms. The van der Waals surface area contributed by atoms with Gasteiger partial charge >= 0.3 is 0 Å². The molecule has 1 aromatic heterocycles. The molecule has 1 aliphatic heterocycles. The molecule has 0 aromatic carbocycles. The highest BCUT2D eigenvalue weighted by Gasteiger charge is 2.50. The lowest BCUT2D eigenvalue weighted by atomic mass is 9.82. The van der Waals surface area contributed by atoms with E-state index in [9.17, 15) is 9.59 Å². The van der Waals surface area contributed by atoms with E-state index in [0.717, 1.165) is 56.6 Å². The van der Waals surface area contributed by atoms with Crippen molar-refractivity contribution in [2.24, 2.45) is 11.8 Å². The average Bonchev–Trinajstić information content (AvgIpc) is 3.67. The van der Waals surface area contributed by atoms with Gasteiger partial charge in [0.1, 0.15) is 5.69 Å². The Morgan fingerprint density at radius 1 is 1.04 bits per heavy atom. The molecule has 5 rings (SSSR count). The number of nitrogens with one attached hydrogen (secondary N) is 1. The summed E-state index contributed by atoms with van der Waals surface area (Å²) in [5.74, 6) is 1.74. The van der Waals surface area contributed by atoms with E-state index in [4.69, 9.17) is 4.98 Å². The summed E-state index contributed by atoms with van der Waals surface area (Å²) in [7, 11) is 0. The van der Waals surface area contributed by atoms with Crippen LogP contribution in [-0.4, -0.2) is 40.3 Å². The van der Waals surface area contributed by atoms with Crippen LogP contribution in [0.5, 0.6) is 0 Å². The van der Waals surface area contributed by atoms with Crippen LogP contribution in [-0.2, 0) is 4.79 Å². The first-order valence-corrected chi connectivity index (χ1v) is 12.1. The van der Waals surface area contributed by atoms with E-state index in [1.54, 1.807) is 11.3 Å². The normalized spacial score (nSPS) is 25.5. The average molecular weight is 402 g/mol. The van der Waals surface area contributed by atoms with Crippen molar-refractivity contribution in [1.29, 1.82) is 0 Å². The number of thiazole rings is 1. The maximum atomic E-state index is 12.8. The molecule has 3 aliphatic carbocycles. The minimum absolute atomic E-state index is 0.0203. The number of hydrogen-bond donors (Lipinski definition) is 1. The smallest absolute Gasteiger partial charge is 0.271 e. The number of rotatable bonds is 5. The Balaban J connectivity index is 1.17. The van der Waals surface area contributed by atoms with Gasteiger partial charge in [0.05, 0.1) is 5.01 Å². The minimum Gasteiger partial charge on any atom is -0.345 e. The van der Waals surface area contributed by atoms with Crippen molar-refractivity contribution in [3.8, 4) is 0 Å². The van der Waals surface area contributed by atoms with Crippen LogP contribution in [0.3, 0.4) is 0 Å². The maximum absolute atomic E-state index is 12.8. The minimum atomic E-state index is 0.0203. The van der Waals surface area contributed by atoms with Crippen LogP contribution in [0, 0.1) is 11.8 Å². The third kappa shape index (κ3) is 3.72. The number of amides is 2. The molecule has 5 nitrogen and oxygen atoms in total. The van der Waals surface area contributed by atoms with Crippen LogP contribution in [0.2, 0.25) is 0 Å². The van der Waals surface area contributed by atoms with Gasteiger partial charge in [-0.25, -0.2) is 4.98 Å². The molecule has 1 saturated heterocycles. The van der Waals surface area contributed by atoms with Gasteiger partial charge in [-0.05, 0) is 57.3 Å². The standard InChI is InChI=1S/C22H31N3O2S/c26-19(24-22(10-11-22)17-4-2-1-3-5-17)18-14-28-20(23-18)15-8-12-25(13-9-15)21(27)16-6-7-16/h14-17H,1-13H2,(H,24,26). The Morgan fingerprint density at radius 3 is 2.39 bits per heavy atom. The number of likely N-dealkylation sites (tertiary alicyclic amines) is 1. The molecule has 3 saturated carbocycles. The SMILES string of the molecule is O=C(NC1(C2CCCCC2)CC1)c1csc(C2CCN(C(=O)C3CC3)CC2)n1. The molecule has 2 heterocycles. The van der Waals surface area contributed by atoms with E-state index in [-0.39, 0.29) is 11.4 Å². The van der Waals surface area contributed by atoms with Crippen molar-refractivity contribution in [2.45, 2.75) is 82.1 Å². The van der Waals surface area contributed by atoms with Crippen molar-refractivity contribution < 1.29 is 9.59 Å². The molecule has 4 fully saturated rings. The van der Waals surface area contributed by atoms with Crippen molar-refractivity contribution >= 4 is 23.2 Å². The lowest BCUT2D eigenvalue weighted by Gasteiger charge is -2.31. The summed E-state index contributed by atoms with van der Waals surface area (Å²) >= 11 is 1.62. The first-order valence-electron chi connectivity index (χ1n) is 11.2. The van der Waals surface area contributed by atoms with Crippen LogP contribution in [0.25, 0.3) is 0 Å². The van der Waals surface area contributed by atoms with Gasteiger partial charge in [0.2, 0.25) is 5.91 Å². The molecule has 0 unspecified atom stereocenters. The van der Waals surface area contributed by atoms with Crippen LogP contribution in [0.1, 0.15) is 92.0 Å². The van der Waals surface area contributed by atoms with Crippen molar-refractivity contribution in [3.05, 3.63) is 16.1 Å². The van der Waals surface area contributed by atoms with Gasteiger partial charge in [-0.15, -0.1) is 11.3 Å². The zero-order valence-electron chi connectivity index (χ0n) is 16.6. The van der Waals surface area contributed by atoms with Crippen LogP contribution < -0.4 is 5.32 Å². The van der Waals surface area contributed by atoms with Crippen LogP contribution >= 0.6 is 11.3 Å². The third-order valence-electron chi connectivity index (χ3n) is 7.37. The topological polar surface area (TPSA) is 62.3 Å². The highest BCUT2D eigenvalue weighted by Crippen LogP contribution is 2.48. The van der Waals surface area contributed by atoms with Gasteiger partial charge in [0.25, 0.3) is 5.91 Å². The van der Waals surface area contributed by atoms with Crippen molar-refractivity contribution in [2.75, 3.05) is 13.1 Å². The summed E-state index contributed by atoms with van der Waals surface area (Å²) in [5.41, 5.74) is 0.661. The second kappa shape index (κ2) is 7.43. The summed E-state index contributed by atoms with van der Waals surface area (Å²) in [6.07, 6.45) is 12.9. The Bertz CT molecular complexity index is 739. The fourth-order valence-corrected chi connectivity index (χ4v) is 6.20. The van der Waals surface area contributed by atoms with E-state index in [0.29, 0.717) is 29.4 Å². The highest BCUT2D eigenvalue weighted by atomic mass is 32.1. The van der Waals surface area contributed by atoms with E-state index in [1.807, 2.05) is 10.3 Å². The number of carbonyl (C=O) groups is 2. The fourth-order valence-electron chi connectivity index (χ4n) is 5.23. The van der Waals surface area contributed by atoms with Gasteiger partial charge in [-0.3, -0.25) is 9.59 Å². The Hall–Kier alpha value is -1.43. The second-order valence-corrected chi connectivity index (χ2v) is 10.3. The molecule has 6 heteroatoms. The fraction of sp³-hybridized carbons (Fsp3) is 0.773. The summed E-state index contributed by atoms with van der Waals surface area (Å²) in [6.45, 7) is 1.68. The number of hydrogen-bond acceptors (Lipinski definition) is 4. The van der Waals surface area contributed by atoms with E-state index in [1.165, 1.54) is 32.1 Å². The highest BCUT2D eigenvalue weighted by molar-refractivity contribution is 7.09. The molecular weight excluding hydrogens is 370 g/mol. The van der Waals surface area contributed by atoms with Crippen LogP contribution in [0.15, 0.2) is 5.38 Å². The molecule has 1 N–H and O–H groups in total. The largest absolute Gasteiger partial charge is 0.345 e. The summed E-state index contributed by atoms with van der Waals surface area (Å²) in [4.78, 5) is 31.8. The van der Waals surface area contributed by atoms with Gasteiger partial charge in [0.15, 0.2) is 0 Å². The lowest BCUT2D eigenvalue weighted by Crippen LogP contribution is -2.43. The molecule has 4 aliphatic rings. The summed E-state index contributed by atoms with van der Waals surface area (Å²) in [6, 6.07) is 0. The Morgan fingerprint density at radius 2 is 1.75 bits per heavy atom. The molecular formula is C22H31N3O2S. The molecule has 2 amide bonds. The monoisotopic (exact) mass is 401 g/mol. The predicted molar refractivity (Wildman–Crippen MR) is 109 cm³/mol. The van der Waals surface area contributed by atoms with E-state index in [2.05, 4.69) is 5.32 Å². The maximum Gasteiger partial charge on any atom is 0.271 e. The van der Waals surface area contributed by atoms with Crippen molar-refractivity contribution in [1.82, 2.24) is 15.2 Å². The third-order valence-corrected chi connectivity index (χ3v) is 8.38. The van der Waals surface area contributed by atoms with Gasteiger partial charge in [0, 0.05) is 35.8 Å². The number of carbonyl (C=O) groups excluding carboxylic acids is 2. The number of piperidine rings is 1. The van der Waals surface area contributed by atoms with Gasteiger partial charge in [-0.2, -0.15) is 0 Å². The van der Waals surface area contributed by atoms with E-state index >= 15 is 0 Å². The number of aromatic nitrogens is 1. The van der Waals surface area contributed by atoms with Gasteiger partial charge in [-0.1, -0.05) is 19.3 Å². The van der Waals surface area contributed by atoms with E-state index < -0.39 is 0 Å². The van der Waals surface area contributed by atoms with Crippen LogP contribution in [0.4, 0.5) is 0 Å². The molecule has 0 spiro atoms. The van der Waals surface area contributed by atoms with Gasteiger partial charge < -0.3 is 10.2 Å². The second-order valence-electron chi connectivity index (χ2n) is 9.39. The predicted octanol–water partition coefficient (Wildman–Crippen LogP) is 4.10. The first kappa shape index (κ1) is 18.6. The quantitative estimate of drug-likeness (QED) is 0.808. The summed E-state index contributed by atoms with van der Waals surface area (Å²) in [5, 5.41) is 6.37. The number of nitrogens with zero attached hydrogens (tertiary/aromatic N) is 2. The molecule has 1 aromatic rings. The molecule has 0 atom stereocenters. The molecule has 152 valence electrons. The molecule has 0 radical (unpaired) electrons. The summed E-state index contributed by atoms with van der Waals surface area (Å²) < 4.78 is 0. The Kier molecular flexibility index (Phi) is 4.93. The Labute approximate surface area is 171 Å². The zero-order valence-corrected chi connectivity index (χ0v) is 17.4. The molecule has 0 bridgehead atoms. The first-order chi connectivity index (χ1) is 13.6. The van der Waals surface area contributed by atoms with Crippen molar-refractivity contribution in [3.63, 3.8) is 0 Å². The lowest BCUT2D eigenvalue weighted by molar-refractivity contribution is -0.133. The zero-order chi connectivity index (χ0) is 19.1.